The van der Waals surface area contributed by atoms with Gasteiger partial charge in [0.15, 0.2) is 5.06 Å². The van der Waals surface area contributed by atoms with Crippen molar-refractivity contribution in [1.29, 1.82) is 0 Å². The zero-order valence-corrected chi connectivity index (χ0v) is 18.8. The maximum absolute atomic E-state index is 11.8. The van der Waals surface area contributed by atoms with Crippen LogP contribution in [-0.2, 0) is 16.9 Å². The van der Waals surface area contributed by atoms with Crippen molar-refractivity contribution in [2.45, 2.75) is 40.2 Å². The van der Waals surface area contributed by atoms with E-state index >= 15 is 0 Å². The third-order valence-corrected chi connectivity index (χ3v) is 6.00. The van der Waals surface area contributed by atoms with Crippen LogP contribution in [0.15, 0.2) is 47.1 Å². The van der Waals surface area contributed by atoms with Crippen LogP contribution in [0.5, 0.6) is 5.06 Å². The van der Waals surface area contributed by atoms with Crippen LogP contribution < -0.4 is 4.74 Å². The third kappa shape index (κ3) is 5.22. The Morgan fingerprint density at radius 1 is 1.23 bits per heavy atom. The Balaban J connectivity index is 1.93. The van der Waals surface area contributed by atoms with Gasteiger partial charge < -0.3 is 9.30 Å². The molecule has 0 radical (unpaired) electrons. The van der Waals surface area contributed by atoms with E-state index in [1.165, 1.54) is 11.3 Å². The van der Waals surface area contributed by atoms with Gasteiger partial charge in [0.2, 0.25) is 0 Å². The summed E-state index contributed by atoms with van der Waals surface area (Å²) < 4.78 is 31.5. The first-order valence-corrected chi connectivity index (χ1v) is 11.3. The molecule has 158 valence electrons. The number of ether oxygens (including phenoxy) is 1. The van der Waals surface area contributed by atoms with Crippen molar-refractivity contribution in [3.8, 4) is 16.2 Å². The number of carbonyl (C=O) groups is 1. The lowest BCUT2D eigenvalue weighted by molar-refractivity contribution is 0.213. The highest BCUT2D eigenvalue weighted by Gasteiger charge is 2.17. The number of nitrogens with zero attached hydrogens (tertiary/aromatic N) is 3. The van der Waals surface area contributed by atoms with Gasteiger partial charge in [0.1, 0.15) is 5.82 Å². The van der Waals surface area contributed by atoms with Gasteiger partial charge in [-0.2, -0.15) is 8.42 Å². The average molecular weight is 446 g/mol. The molecule has 0 aliphatic heterocycles. The molecule has 0 fully saturated rings. The molecule has 0 spiro atoms. The number of benzene rings is 1. The lowest BCUT2D eigenvalue weighted by Gasteiger charge is -2.16. The summed E-state index contributed by atoms with van der Waals surface area (Å²) in [5, 5.41) is 0.344. The number of amides is 1. The molecule has 3 rings (SSSR count). The van der Waals surface area contributed by atoms with Crippen LogP contribution in [-0.4, -0.2) is 24.1 Å². The first kappa shape index (κ1) is 21.9. The van der Waals surface area contributed by atoms with E-state index in [0.717, 1.165) is 33.8 Å². The summed E-state index contributed by atoms with van der Waals surface area (Å²) >= 11 is 1.33. The maximum atomic E-state index is 11.8. The second-order valence-corrected chi connectivity index (χ2v) is 9.08. The van der Waals surface area contributed by atoms with Crippen molar-refractivity contribution in [3.63, 3.8) is 0 Å². The molecule has 1 atom stereocenters. The van der Waals surface area contributed by atoms with Crippen LogP contribution >= 0.6 is 11.3 Å². The number of aryl methyl sites for hydroxylation is 1. The largest absolute Gasteiger partial charge is 0.455 e. The molecule has 0 aliphatic rings. The Labute approximate surface area is 181 Å². The summed E-state index contributed by atoms with van der Waals surface area (Å²) in [5.41, 5.74) is 2.74. The van der Waals surface area contributed by atoms with Crippen LogP contribution in [0.25, 0.3) is 11.1 Å². The number of hydrogen-bond acceptors (Lipinski definition) is 6. The molecule has 2 heterocycles. The van der Waals surface area contributed by atoms with E-state index in [-0.39, 0.29) is 6.04 Å². The Bertz CT molecular complexity index is 1170. The van der Waals surface area contributed by atoms with E-state index in [4.69, 9.17) is 4.74 Å². The first-order chi connectivity index (χ1) is 14.2. The Morgan fingerprint density at radius 3 is 2.50 bits per heavy atom. The fraction of sp³-hybridized carbons (Fsp3) is 0.333. The lowest BCUT2D eigenvalue weighted by Crippen LogP contribution is -2.07. The van der Waals surface area contributed by atoms with Crippen molar-refractivity contribution < 1.29 is 17.9 Å². The predicted molar refractivity (Wildman–Crippen MR) is 116 cm³/mol. The molecule has 9 heteroatoms. The van der Waals surface area contributed by atoms with Gasteiger partial charge >= 0.3 is 16.6 Å². The number of aromatic nitrogens is 2. The van der Waals surface area contributed by atoms with Crippen molar-refractivity contribution in [2.75, 3.05) is 0 Å². The fourth-order valence-corrected chi connectivity index (χ4v) is 4.65. The summed E-state index contributed by atoms with van der Waals surface area (Å²) in [6.07, 6.45) is 3.41. The topological polar surface area (TPSA) is 90.6 Å². The highest BCUT2D eigenvalue weighted by atomic mass is 32.2. The molecular formula is C21H23N3O4S2. The van der Waals surface area contributed by atoms with Crippen molar-refractivity contribution in [3.05, 3.63) is 59.0 Å². The molecule has 1 amide bonds. The molecule has 3 aromatic rings. The van der Waals surface area contributed by atoms with E-state index < -0.39 is 16.6 Å². The lowest BCUT2D eigenvalue weighted by atomic mass is 10.0. The van der Waals surface area contributed by atoms with Crippen LogP contribution in [0, 0.1) is 12.8 Å². The van der Waals surface area contributed by atoms with Gasteiger partial charge in [0, 0.05) is 22.8 Å². The van der Waals surface area contributed by atoms with E-state index in [0.29, 0.717) is 11.0 Å². The molecule has 0 bridgehead atoms. The summed E-state index contributed by atoms with van der Waals surface area (Å²) in [6, 6.07) is 10.1. The predicted octanol–water partition coefficient (Wildman–Crippen LogP) is 5.29. The van der Waals surface area contributed by atoms with E-state index in [9.17, 15) is 13.2 Å². The molecule has 1 aromatic carbocycles. The minimum absolute atomic E-state index is 0.128. The molecule has 2 aromatic heterocycles. The summed E-state index contributed by atoms with van der Waals surface area (Å²) in [7, 11) is -2.85. The van der Waals surface area contributed by atoms with E-state index in [1.54, 1.807) is 6.20 Å². The summed E-state index contributed by atoms with van der Waals surface area (Å²) in [5.74, 6) is 1.37. The average Bonchev–Trinajstić information content (AvgIpc) is 3.26. The zero-order valence-electron chi connectivity index (χ0n) is 17.2. The molecule has 1 unspecified atom stereocenters. The van der Waals surface area contributed by atoms with Gasteiger partial charge in [-0.3, -0.25) is 0 Å². The molecule has 7 nitrogen and oxygen atoms in total. The van der Waals surface area contributed by atoms with Crippen LogP contribution in [0.1, 0.15) is 43.1 Å². The first-order valence-electron chi connectivity index (χ1n) is 9.50. The standard InChI is InChI=1S/C21H23N3O4S2/c1-13(2)11-18-12-19(20(29-18)28-21(25)23-30(26)27)17-7-5-16(6-8-17)14(3)24-10-9-22-15(24)4/h5-10,12-14H,11H2,1-4H3. The maximum Gasteiger partial charge on any atom is 0.455 e. The molecule has 0 saturated heterocycles. The van der Waals surface area contributed by atoms with E-state index in [2.05, 4.69) is 34.7 Å². The molecule has 30 heavy (non-hydrogen) atoms. The highest BCUT2D eigenvalue weighted by molar-refractivity contribution is 7.62. The number of carbonyl (C=O) groups excluding carboxylic acids is 1. The smallest absolute Gasteiger partial charge is 0.396 e. The van der Waals surface area contributed by atoms with Gasteiger partial charge in [0.05, 0.1) is 6.04 Å². The van der Waals surface area contributed by atoms with Crippen molar-refractivity contribution in [1.82, 2.24) is 9.55 Å². The quantitative estimate of drug-likeness (QED) is 0.514. The number of rotatable bonds is 6. The van der Waals surface area contributed by atoms with Gasteiger partial charge in [-0.1, -0.05) is 42.5 Å². The number of thiophene rings is 1. The van der Waals surface area contributed by atoms with Crippen molar-refractivity contribution in [2.24, 2.45) is 10.3 Å². The number of imidazole rings is 1. The highest BCUT2D eigenvalue weighted by Crippen LogP contribution is 2.40. The van der Waals surface area contributed by atoms with Gasteiger partial charge in [-0.15, -0.1) is 11.3 Å². The Kier molecular flexibility index (Phi) is 6.84. The van der Waals surface area contributed by atoms with Crippen LogP contribution in [0.2, 0.25) is 0 Å². The van der Waals surface area contributed by atoms with E-state index in [1.807, 2.05) is 43.5 Å². The van der Waals surface area contributed by atoms with Crippen molar-refractivity contribution >= 4 is 27.9 Å². The van der Waals surface area contributed by atoms with Gasteiger partial charge in [-0.05, 0) is 43.4 Å². The molecule has 0 saturated carbocycles. The summed E-state index contributed by atoms with van der Waals surface area (Å²) in [4.78, 5) is 17.1. The molecule has 0 aliphatic carbocycles. The second kappa shape index (κ2) is 9.36. The molecular weight excluding hydrogens is 422 g/mol. The SMILES string of the molecule is Cc1nccn1C(C)c1ccc(-c2cc(CC(C)C)sc2OC(=O)N=S(=O)=O)cc1. The zero-order chi connectivity index (χ0) is 21.8. The Hall–Kier alpha value is -2.78. The second-order valence-electron chi connectivity index (χ2n) is 7.37. The van der Waals surface area contributed by atoms with Crippen LogP contribution in [0.3, 0.4) is 0 Å². The normalized spacial score (nSPS) is 12.0. The minimum atomic E-state index is -2.85. The van der Waals surface area contributed by atoms with Crippen LogP contribution in [0.4, 0.5) is 4.79 Å². The van der Waals surface area contributed by atoms with Gasteiger partial charge in [0.25, 0.3) is 0 Å². The monoisotopic (exact) mass is 445 g/mol. The minimum Gasteiger partial charge on any atom is -0.396 e. The molecule has 0 N–H and O–H groups in total. The Morgan fingerprint density at radius 2 is 1.93 bits per heavy atom. The third-order valence-electron chi connectivity index (χ3n) is 4.67. The number of hydrogen-bond donors (Lipinski definition) is 0. The summed E-state index contributed by atoms with van der Waals surface area (Å²) in [6.45, 7) is 8.28. The van der Waals surface area contributed by atoms with Gasteiger partial charge in [-0.25, -0.2) is 9.78 Å². The fourth-order valence-electron chi connectivity index (χ4n) is 3.26.